The average molecular weight is 301 g/mol. The summed E-state index contributed by atoms with van der Waals surface area (Å²) in [6.45, 7) is 6.98. The molecule has 7 heteroatoms. The molecule has 1 saturated heterocycles. The van der Waals surface area contributed by atoms with Gasteiger partial charge < -0.3 is 9.84 Å². The van der Waals surface area contributed by atoms with Crippen LogP contribution in [0.4, 0.5) is 0 Å². The summed E-state index contributed by atoms with van der Waals surface area (Å²) in [5.74, 6) is -1.06. The monoisotopic (exact) mass is 301 g/mol. The van der Waals surface area contributed by atoms with Gasteiger partial charge in [0.15, 0.2) is 6.10 Å². The molecule has 0 aromatic carbocycles. The van der Waals surface area contributed by atoms with E-state index in [1.165, 1.54) is 11.2 Å². The molecule has 0 saturated carbocycles. The highest BCUT2D eigenvalue weighted by Gasteiger charge is 2.31. The SMILES string of the molecule is C=C/C=C1/C[C@@H](OC(C)C(=O)O)CN(S(=O)O)/C1=C/C. The van der Waals surface area contributed by atoms with Gasteiger partial charge in [-0.15, -0.1) is 0 Å². The first-order valence-electron chi connectivity index (χ1n) is 6.15. The normalized spacial score (nSPS) is 26.6. The summed E-state index contributed by atoms with van der Waals surface area (Å²) in [5, 5.41) is 8.87. The van der Waals surface area contributed by atoms with E-state index in [4.69, 9.17) is 9.84 Å². The molecule has 20 heavy (non-hydrogen) atoms. The Morgan fingerprint density at radius 1 is 1.65 bits per heavy atom. The van der Waals surface area contributed by atoms with Crippen molar-refractivity contribution in [2.24, 2.45) is 0 Å². The van der Waals surface area contributed by atoms with Crippen LogP contribution in [0.25, 0.3) is 0 Å². The maximum Gasteiger partial charge on any atom is 0.332 e. The van der Waals surface area contributed by atoms with Crippen LogP contribution < -0.4 is 0 Å². The number of allylic oxidation sites excluding steroid dienone is 4. The van der Waals surface area contributed by atoms with Crippen molar-refractivity contribution in [2.75, 3.05) is 6.54 Å². The molecule has 0 aliphatic carbocycles. The standard InChI is InChI=1S/C13H19NO5S/c1-4-6-10-7-11(19-9(3)13(15)16)8-14(20(17)18)12(10)5-2/h4-6,9,11H,1,7-8H2,2-3H3,(H,15,16)(H,17,18)/b10-6-,12-5+/t9?,11-/m1/s1. The van der Waals surface area contributed by atoms with Gasteiger partial charge in [-0.1, -0.05) is 24.8 Å². The van der Waals surface area contributed by atoms with Crippen LogP contribution >= 0.6 is 0 Å². The van der Waals surface area contributed by atoms with E-state index in [0.29, 0.717) is 12.1 Å². The molecule has 0 amide bonds. The van der Waals surface area contributed by atoms with E-state index in [2.05, 4.69) is 6.58 Å². The van der Waals surface area contributed by atoms with Crippen molar-refractivity contribution in [3.63, 3.8) is 0 Å². The van der Waals surface area contributed by atoms with Gasteiger partial charge in [-0.3, -0.25) is 8.86 Å². The van der Waals surface area contributed by atoms with Crippen LogP contribution in [0, 0.1) is 0 Å². The third-order valence-corrected chi connectivity index (χ3v) is 3.66. The summed E-state index contributed by atoms with van der Waals surface area (Å²) < 4.78 is 27.5. The second-order valence-corrected chi connectivity index (χ2v) is 5.24. The minimum Gasteiger partial charge on any atom is -0.479 e. The lowest BCUT2D eigenvalue weighted by Gasteiger charge is -2.35. The van der Waals surface area contributed by atoms with Gasteiger partial charge in [0.1, 0.15) is 0 Å². The number of nitrogens with zero attached hydrogens (tertiary/aromatic N) is 1. The quantitative estimate of drug-likeness (QED) is 0.755. The first kappa shape index (κ1) is 16.6. The molecule has 0 aromatic heterocycles. The van der Waals surface area contributed by atoms with Crippen molar-refractivity contribution in [3.8, 4) is 0 Å². The third-order valence-electron chi connectivity index (χ3n) is 2.94. The van der Waals surface area contributed by atoms with Gasteiger partial charge in [0.2, 0.25) is 0 Å². The Labute approximate surface area is 120 Å². The Bertz CT molecular complexity index is 471. The minimum atomic E-state index is -2.19. The minimum absolute atomic E-state index is 0.162. The highest BCUT2D eigenvalue weighted by Crippen LogP contribution is 2.29. The van der Waals surface area contributed by atoms with Crippen LogP contribution in [-0.2, 0) is 20.8 Å². The summed E-state index contributed by atoms with van der Waals surface area (Å²) in [4.78, 5) is 10.8. The van der Waals surface area contributed by atoms with Crippen molar-refractivity contribution in [1.29, 1.82) is 0 Å². The van der Waals surface area contributed by atoms with E-state index in [0.717, 1.165) is 5.57 Å². The molecule has 1 aliphatic rings. The fourth-order valence-corrected chi connectivity index (χ4v) is 2.75. The van der Waals surface area contributed by atoms with Gasteiger partial charge in [0.25, 0.3) is 11.3 Å². The fourth-order valence-electron chi connectivity index (χ4n) is 2.07. The zero-order valence-electron chi connectivity index (χ0n) is 11.5. The maximum absolute atomic E-state index is 11.4. The Morgan fingerprint density at radius 3 is 2.75 bits per heavy atom. The van der Waals surface area contributed by atoms with Gasteiger partial charge in [-0.05, 0) is 19.4 Å². The predicted octanol–water partition coefficient (Wildman–Crippen LogP) is 1.70. The molecule has 1 heterocycles. The molecule has 2 N–H and O–H groups in total. The first-order valence-corrected chi connectivity index (χ1v) is 7.22. The van der Waals surface area contributed by atoms with Gasteiger partial charge in [0.05, 0.1) is 18.3 Å². The summed E-state index contributed by atoms with van der Waals surface area (Å²) in [5.41, 5.74) is 1.42. The second-order valence-electron chi connectivity index (χ2n) is 4.34. The summed E-state index contributed by atoms with van der Waals surface area (Å²) >= 11 is -2.19. The topological polar surface area (TPSA) is 87.1 Å². The number of carbonyl (C=O) groups is 1. The van der Waals surface area contributed by atoms with E-state index < -0.39 is 29.4 Å². The highest BCUT2D eigenvalue weighted by molar-refractivity contribution is 7.76. The number of rotatable bonds is 5. The molecule has 1 fully saturated rings. The van der Waals surface area contributed by atoms with Crippen LogP contribution in [0.5, 0.6) is 0 Å². The lowest BCUT2D eigenvalue weighted by atomic mass is 9.99. The molecule has 0 aromatic rings. The molecule has 2 unspecified atom stereocenters. The van der Waals surface area contributed by atoms with E-state index in [9.17, 15) is 13.6 Å². The van der Waals surface area contributed by atoms with Crippen molar-refractivity contribution >= 4 is 17.2 Å². The number of hydrogen-bond acceptors (Lipinski definition) is 3. The van der Waals surface area contributed by atoms with Gasteiger partial charge in [-0.2, -0.15) is 0 Å². The van der Waals surface area contributed by atoms with Crippen LogP contribution in [0.1, 0.15) is 20.3 Å². The molecule has 0 spiro atoms. The lowest BCUT2D eigenvalue weighted by Crippen LogP contribution is -2.42. The Hall–Kier alpha value is -1.44. The van der Waals surface area contributed by atoms with Gasteiger partial charge in [0, 0.05) is 6.42 Å². The summed E-state index contributed by atoms with van der Waals surface area (Å²) in [6, 6.07) is 0. The zero-order valence-corrected chi connectivity index (χ0v) is 12.3. The molecule has 112 valence electrons. The number of hydrogen-bond donors (Lipinski definition) is 2. The molecule has 1 aliphatic heterocycles. The fraction of sp³-hybridized carbons (Fsp3) is 0.462. The van der Waals surface area contributed by atoms with Crippen LogP contribution in [-0.4, -0.2) is 42.9 Å². The molecular weight excluding hydrogens is 282 g/mol. The van der Waals surface area contributed by atoms with Crippen molar-refractivity contribution in [1.82, 2.24) is 4.31 Å². The Kier molecular flexibility index (Phi) is 6.12. The second kappa shape index (κ2) is 7.37. The number of aliphatic carboxylic acids is 1. The number of ether oxygens (including phenoxy) is 1. The van der Waals surface area contributed by atoms with E-state index >= 15 is 0 Å². The smallest absolute Gasteiger partial charge is 0.332 e. The molecule has 6 nitrogen and oxygen atoms in total. The summed E-state index contributed by atoms with van der Waals surface area (Å²) in [6.07, 6.45) is 4.09. The van der Waals surface area contributed by atoms with Gasteiger partial charge >= 0.3 is 5.97 Å². The third kappa shape index (κ3) is 4.03. The Balaban J connectivity index is 2.98. The van der Waals surface area contributed by atoms with Crippen LogP contribution in [0.2, 0.25) is 0 Å². The van der Waals surface area contributed by atoms with E-state index in [1.54, 1.807) is 25.2 Å². The number of carboxylic acids is 1. The molecule has 0 bridgehead atoms. The van der Waals surface area contributed by atoms with E-state index in [1.807, 2.05) is 0 Å². The molecule has 0 radical (unpaired) electrons. The molecular formula is C13H19NO5S. The number of piperidine rings is 1. The van der Waals surface area contributed by atoms with Crippen molar-refractivity contribution in [3.05, 3.63) is 36.1 Å². The maximum atomic E-state index is 11.4. The van der Waals surface area contributed by atoms with Crippen LogP contribution in [0.15, 0.2) is 36.1 Å². The average Bonchev–Trinajstić information content (AvgIpc) is 2.38. The Morgan fingerprint density at radius 2 is 2.30 bits per heavy atom. The highest BCUT2D eigenvalue weighted by atomic mass is 32.2. The van der Waals surface area contributed by atoms with Gasteiger partial charge in [-0.25, -0.2) is 9.00 Å². The molecule has 3 atom stereocenters. The predicted molar refractivity (Wildman–Crippen MR) is 76.1 cm³/mol. The van der Waals surface area contributed by atoms with E-state index in [-0.39, 0.29) is 6.54 Å². The van der Waals surface area contributed by atoms with Crippen molar-refractivity contribution in [2.45, 2.75) is 32.5 Å². The number of carboxylic acid groups (broad SMARTS) is 1. The first-order chi connectivity index (χ1) is 9.40. The lowest BCUT2D eigenvalue weighted by molar-refractivity contribution is -0.153. The summed E-state index contributed by atoms with van der Waals surface area (Å²) in [7, 11) is 0. The molecule has 1 rings (SSSR count). The van der Waals surface area contributed by atoms with Crippen LogP contribution in [0.3, 0.4) is 0 Å². The van der Waals surface area contributed by atoms with Crippen molar-refractivity contribution < 1.29 is 23.4 Å². The largest absolute Gasteiger partial charge is 0.479 e. The zero-order chi connectivity index (χ0) is 15.3.